The van der Waals surface area contributed by atoms with Crippen LogP contribution in [-0.4, -0.2) is 9.38 Å². The van der Waals surface area contributed by atoms with Gasteiger partial charge >= 0.3 is 0 Å². The average Bonchev–Trinajstić information content (AvgIpc) is 3.62. The Kier molecular flexibility index (Phi) is 3.56. The molecule has 0 atom stereocenters. The minimum Gasteiger partial charge on any atom is -0.292 e. The molecule has 170 valence electrons. The molecule has 3 heterocycles. The van der Waals surface area contributed by atoms with Gasteiger partial charge in [0.05, 0.1) is 16.7 Å². The van der Waals surface area contributed by atoms with Gasteiger partial charge in [0.25, 0.3) is 0 Å². The van der Waals surface area contributed by atoms with Crippen molar-refractivity contribution in [3.8, 4) is 44.6 Å². The van der Waals surface area contributed by atoms with Crippen LogP contribution in [0.3, 0.4) is 0 Å². The molecule has 5 aromatic carbocycles. The van der Waals surface area contributed by atoms with Gasteiger partial charge in [0, 0.05) is 16.3 Å². The van der Waals surface area contributed by atoms with Crippen LogP contribution in [0.15, 0.2) is 121 Å². The second-order valence-electron chi connectivity index (χ2n) is 10.0. The number of pyridine rings is 1. The third-order valence-corrected chi connectivity index (χ3v) is 8.06. The minimum absolute atomic E-state index is 0.993. The summed E-state index contributed by atoms with van der Waals surface area (Å²) in [5.74, 6) is 0. The van der Waals surface area contributed by atoms with Crippen molar-refractivity contribution in [2.45, 2.75) is 0 Å². The Morgan fingerprint density at radius 1 is 0.486 bits per heavy atom. The van der Waals surface area contributed by atoms with Gasteiger partial charge in [0.1, 0.15) is 5.65 Å². The van der Waals surface area contributed by atoms with Crippen molar-refractivity contribution in [1.82, 2.24) is 9.38 Å². The van der Waals surface area contributed by atoms with E-state index in [1.165, 1.54) is 66.0 Å². The molecule has 9 rings (SSSR count). The van der Waals surface area contributed by atoms with E-state index in [1.807, 2.05) is 0 Å². The smallest absolute Gasteiger partial charge is 0.138 e. The van der Waals surface area contributed by atoms with Gasteiger partial charge in [-0.15, -0.1) is 0 Å². The fraction of sp³-hybridized carbons (Fsp3) is 0. The summed E-state index contributed by atoms with van der Waals surface area (Å²) < 4.78 is 2.32. The van der Waals surface area contributed by atoms with Crippen LogP contribution in [0.25, 0.3) is 82.9 Å². The molecule has 0 fully saturated rings. The molecule has 0 aliphatic heterocycles. The Balaban J connectivity index is 1.35. The topological polar surface area (TPSA) is 17.3 Å². The Morgan fingerprint density at radius 2 is 1.27 bits per heavy atom. The fourth-order valence-electron chi connectivity index (χ4n) is 6.48. The summed E-state index contributed by atoms with van der Waals surface area (Å²) in [6.07, 6.45) is 0. The van der Waals surface area contributed by atoms with Crippen LogP contribution in [0.2, 0.25) is 0 Å². The molecule has 0 spiro atoms. The number of benzene rings is 5. The average molecular weight is 469 g/mol. The molecule has 0 radical (unpaired) electrons. The first-order valence-electron chi connectivity index (χ1n) is 12.7. The maximum absolute atomic E-state index is 5.06. The van der Waals surface area contributed by atoms with E-state index in [1.54, 1.807) is 0 Å². The summed E-state index contributed by atoms with van der Waals surface area (Å²) in [7, 11) is 0. The molecule has 3 aromatic heterocycles. The highest BCUT2D eigenvalue weighted by Gasteiger charge is 2.23. The van der Waals surface area contributed by atoms with Crippen molar-refractivity contribution in [2.24, 2.45) is 0 Å². The van der Waals surface area contributed by atoms with Crippen molar-refractivity contribution >= 4 is 38.2 Å². The van der Waals surface area contributed by atoms with E-state index in [9.17, 15) is 0 Å². The second kappa shape index (κ2) is 6.83. The molecule has 2 nitrogen and oxygen atoms in total. The van der Waals surface area contributed by atoms with Crippen molar-refractivity contribution in [3.05, 3.63) is 121 Å². The van der Waals surface area contributed by atoms with E-state index >= 15 is 0 Å². The summed E-state index contributed by atoms with van der Waals surface area (Å²) >= 11 is 0. The number of fused-ring (bicyclic) bond motifs is 6. The quantitative estimate of drug-likeness (QED) is 0.247. The fourth-order valence-corrected chi connectivity index (χ4v) is 6.48. The van der Waals surface area contributed by atoms with Crippen LogP contribution in [0.1, 0.15) is 0 Å². The molecular formula is C35H20N2. The van der Waals surface area contributed by atoms with Gasteiger partial charge in [-0.05, 0) is 74.5 Å². The number of nitrogens with zero attached hydrogens (tertiary/aromatic N) is 2. The lowest BCUT2D eigenvalue weighted by Gasteiger charge is -2.09. The highest BCUT2D eigenvalue weighted by atomic mass is 15.0. The molecule has 0 bridgehead atoms. The number of hydrogen-bond donors (Lipinski definition) is 0. The van der Waals surface area contributed by atoms with E-state index in [0.29, 0.717) is 0 Å². The first kappa shape index (κ1) is 19.3. The van der Waals surface area contributed by atoms with Gasteiger partial charge in [-0.25, -0.2) is 4.98 Å². The summed E-state index contributed by atoms with van der Waals surface area (Å²) in [5, 5.41) is 5.17. The van der Waals surface area contributed by atoms with E-state index in [-0.39, 0.29) is 0 Å². The maximum atomic E-state index is 5.06. The molecule has 0 N–H and O–H groups in total. The lowest BCUT2D eigenvalue weighted by atomic mass is 9.95. The second-order valence-corrected chi connectivity index (χ2v) is 10.0. The van der Waals surface area contributed by atoms with Gasteiger partial charge in [-0.1, -0.05) is 91.0 Å². The summed E-state index contributed by atoms with van der Waals surface area (Å²) in [6.45, 7) is 0. The molecule has 1 aliphatic rings. The van der Waals surface area contributed by atoms with Crippen molar-refractivity contribution < 1.29 is 0 Å². The normalized spacial score (nSPS) is 12.3. The zero-order chi connectivity index (χ0) is 24.1. The van der Waals surface area contributed by atoms with Crippen molar-refractivity contribution in [3.63, 3.8) is 0 Å². The predicted molar refractivity (Wildman–Crippen MR) is 154 cm³/mol. The van der Waals surface area contributed by atoms with E-state index in [4.69, 9.17) is 4.98 Å². The van der Waals surface area contributed by atoms with E-state index < -0.39 is 0 Å². The molecule has 2 heteroatoms. The van der Waals surface area contributed by atoms with Gasteiger partial charge in [0.15, 0.2) is 0 Å². The highest BCUT2D eigenvalue weighted by Crippen LogP contribution is 2.49. The standard InChI is InChI=1S/C35H20N2/c1-2-8-21(9-3-1)34-35-30-19-22(16-17-27(30)31-14-7-15-32(36-34)37(31)35)24-18-23-10-6-13-28-25-11-4-5-12-26(25)29(20-24)33(23)28/h1-20H. The molecular weight excluding hydrogens is 448 g/mol. The van der Waals surface area contributed by atoms with Crippen molar-refractivity contribution in [1.29, 1.82) is 0 Å². The summed E-state index contributed by atoms with van der Waals surface area (Å²) in [4.78, 5) is 5.06. The Bertz CT molecular complexity index is 2180. The minimum atomic E-state index is 0.993. The predicted octanol–water partition coefficient (Wildman–Crippen LogP) is 9.21. The van der Waals surface area contributed by atoms with Crippen LogP contribution in [0.4, 0.5) is 0 Å². The van der Waals surface area contributed by atoms with E-state index in [0.717, 1.165) is 16.9 Å². The van der Waals surface area contributed by atoms with Gasteiger partial charge < -0.3 is 0 Å². The Morgan fingerprint density at radius 3 is 2.16 bits per heavy atom. The number of hydrogen-bond acceptors (Lipinski definition) is 1. The number of aromatic nitrogens is 2. The van der Waals surface area contributed by atoms with Crippen LogP contribution < -0.4 is 0 Å². The monoisotopic (exact) mass is 468 g/mol. The van der Waals surface area contributed by atoms with Crippen LogP contribution in [0.5, 0.6) is 0 Å². The van der Waals surface area contributed by atoms with Crippen LogP contribution >= 0.6 is 0 Å². The molecule has 37 heavy (non-hydrogen) atoms. The largest absolute Gasteiger partial charge is 0.292 e. The van der Waals surface area contributed by atoms with Crippen LogP contribution in [-0.2, 0) is 0 Å². The maximum Gasteiger partial charge on any atom is 0.138 e. The third kappa shape index (κ3) is 2.47. The molecule has 0 amide bonds. The Labute approximate surface area is 213 Å². The first-order valence-corrected chi connectivity index (χ1v) is 12.7. The molecule has 8 aromatic rings. The van der Waals surface area contributed by atoms with Gasteiger partial charge in [-0.2, -0.15) is 0 Å². The van der Waals surface area contributed by atoms with Gasteiger partial charge in [-0.3, -0.25) is 4.40 Å². The lowest BCUT2D eigenvalue weighted by Crippen LogP contribution is -1.83. The summed E-state index contributed by atoms with van der Waals surface area (Å²) in [6, 6.07) is 44.1. The first-order chi connectivity index (χ1) is 18.3. The molecule has 0 saturated carbocycles. The lowest BCUT2D eigenvalue weighted by molar-refractivity contribution is 1.31. The molecule has 1 aliphatic carbocycles. The number of imidazole rings is 1. The van der Waals surface area contributed by atoms with Crippen molar-refractivity contribution in [2.75, 3.05) is 0 Å². The molecule has 0 unspecified atom stereocenters. The number of rotatable bonds is 2. The Hall–Kier alpha value is -4.95. The SMILES string of the molecule is c1ccc(-c2nc3cccc4c5ccc(-c6cc7c8c(cccc8c6)-c6ccccc6-7)cc5c2n34)cc1. The van der Waals surface area contributed by atoms with E-state index in [2.05, 4.69) is 126 Å². The highest BCUT2D eigenvalue weighted by molar-refractivity contribution is 6.18. The third-order valence-electron chi connectivity index (χ3n) is 8.06. The summed E-state index contributed by atoms with van der Waals surface area (Å²) in [5.41, 5.74) is 13.4. The molecule has 0 saturated heterocycles. The zero-order valence-corrected chi connectivity index (χ0v) is 19.9. The van der Waals surface area contributed by atoms with Crippen LogP contribution in [0, 0.1) is 0 Å². The zero-order valence-electron chi connectivity index (χ0n) is 19.9. The van der Waals surface area contributed by atoms with Gasteiger partial charge in [0.2, 0.25) is 0 Å².